The number of benzene rings is 2. The molecule has 11 heteroatoms. The second kappa shape index (κ2) is 12.9. The van der Waals surface area contributed by atoms with Gasteiger partial charge in [0.2, 0.25) is 11.8 Å². The molecular weight excluding hydrogens is 519 g/mol. The average Bonchev–Trinajstić information content (AvgIpc) is 3.34. The molecule has 198 valence electrons. The minimum Gasteiger partial charge on any atom is -0.480 e. The van der Waals surface area contributed by atoms with Gasteiger partial charge < -0.3 is 26.8 Å². The van der Waals surface area contributed by atoms with E-state index in [0.717, 1.165) is 12.8 Å². The Hall–Kier alpha value is -3.14. The monoisotopic (exact) mass is 548 g/mol. The zero-order valence-corrected chi connectivity index (χ0v) is 21.7. The minimum atomic E-state index is -1.15. The van der Waals surface area contributed by atoms with E-state index >= 15 is 0 Å². The Labute approximate surface area is 225 Å². The van der Waals surface area contributed by atoms with E-state index in [1.807, 2.05) is 0 Å². The van der Waals surface area contributed by atoms with Crippen LogP contribution in [0.1, 0.15) is 48.0 Å². The summed E-state index contributed by atoms with van der Waals surface area (Å²) >= 11 is 12.2. The van der Waals surface area contributed by atoms with E-state index < -0.39 is 23.3 Å². The Balaban J connectivity index is 1.63. The molecule has 6 N–H and O–H groups in total. The van der Waals surface area contributed by atoms with Crippen molar-refractivity contribution in [1.29, 1.82) is 0 Å². The number of nitrogens with one attached hydrogen (secondary N) is 3. The summed E-state index contributed by atoms with van der Waals surface area (Å²) in [7, 11) is 0. The van der Waals surface area contributed by atoms with E-state index in [4.69, 9.17) is 28.9 Å². The molecule has 0 aliphatic heterocycles. The van der Waals surface area contributed by atoms with E-state index in [0.29, 0.717) is 37.1 Å². The van der Waals surface area contributed by atoms with Crippen LogP contribution in [0.15, 0.2) is 42.5 Å². The molecule has 0 spiro atoms. The van der Waals surface area contributed by atoms with E-state index in [1.165, 1.54) is 0 Å². The van der Waals surface area contributed by atoms with Crippen LogP contribution in [-0.2, 0) is 20.8 Å². The van der Waals surface area contributed by atoms with Crippen LogP contribution in [0.2, 0.25) is 10.0 Å². The second-order valence-electron chi connectivity index (χ2n) is 9.11. The highest BCUT2D eigenvalue weighted by molar-refractivity contribution is 6.40. The quantitative estimate of drug-likeness (QED) is 0.290. The molecule has 37 heavy (non-hydrogen) atoms. The van der Waals surface area contributed by atoms with Crippen LogP contribution in [0.3, 0.4) is 0 Å². The largest absolute Gasteiger partial charge is 0.480 e. The standard InChI is InChI=1S/C26H30Cl2N4O5/c27-18-4-3-5-19(28)22(18)23(34)31-17-8-6-16(7-9-17)14-20(24(35)36)32-25(37)26(10-1-2-11-26)12-13-30-21(33)15-29/h3-9,20H,1-2,10-15,29H2,(H,30,33)(H,31,34)(H,32,37)(H,35,36). The highest BCUT2D eigenvalue weighted by Crippen LogP contribution is 2.41. The number of rotatable bonds is 11. The van der Waals surface area contributed by atoms with Crippen molar-refractivity contribution in [2.45, 2.75) is 44.6 Å². The van der Waals surface area contributed by atoms with Gasteiger partial charge in [-0.1, -0.05) is 54.2 Å². The van der Waals surface area contributed by atoms with Crippen molar-refractivity contribution in [2.24, 2.45) is 11.1 Å². The van der Waals surface area contributed by atoms with Crippen molar-refractivity contribution in [3.8, 4) is 0 Å². The number of carbonyl (C=O) groups is 4. The Morgan fingerprint density at radius 2 is 1.62 bits per heavy atom. The van der Waals surface area contributed by atoms with Gasteiger partial charge in [0.05, 0.1) is 27.6 Å². The van der Waals surface area contributed by atoms with E-state index in [2.05, 4.69) is 16.0 Å². The molecule has 9 nitrogen and oxygen atoms in total. The maximum Gasteiger partial charge on any atom is 0.326 e. The molecule has 0 saturated heterocycles. The summed E-state index contributed by atoms with van der Waals surface area (Å²) in [5.74, 6) is -2.24. The topological polar surface area (TPSA) is 151 Å². The van der Waals surface area contributed by atoms with Crippen LogP contribution < -0.4 is 21.7 Å². The third kappa shape index (κ3) is 7.44. The first-order valence-corrected chi connectivity index (χ1v) is 12.8. The number of hydrogen-bond acceptors (Lipinski definition) is 5. The molecule has 1 fully saturated rings. The lowest BCUT2D eigenvalue weighted by Crippen LogP contribution is -2.49. The summed E-state index contributed by atoms with van der Waals surface area (Å²) in [6, 6.07) is 10.3. The van der Waals surface area contributed by atoms with Crippen LogP contribution in [0.4, 0.5) is 5.69 Å². The molecule has 1 atom stereocenters. The zero-order valence-electron chi connectivity index (χ0n) is 20.2. The van der Waals surface area contributed by atoms with Crippen LogP contribution in [-0.4, -0.2) is 47.9 Å². The summed E-state index contributed by atoms with van der Waals surface area (Å²) in [4.78, 5) is 49.2. The van der Waals surface area contributed by atoms with Crippen molar-refractivity contribution in [3.63, 3.8) is 0 Å². The Bertz CT molecular complexity index is 1130. The number of hydrogen-bond donors (Lipinski definition) is 5. The van der Waals surface area contributed by atoms with Gasteiger partial charge in [0.15, 0.2) is 0 Å². The maximum atomic E-state index is 13.2. The number of carboxylic acids is 1. The first-order chi connectivity index (χ1) is 17.6. The molecule has 0 aromatic heterocycles. The fourth-order valence-electron chi connectivity index (χ4n) is 4.54. The number of aliphatic carboxylic acids is 1. The van der Waals surface area contributed by atoms with Gasteiger partial charge in [-0.05, 0) is 49.1 Å². The molecule has 0 radical (unpaired) electrons. The number of carboxylic acid groups (broad SMARTS) is 1. The highest BCUT2D eigenvalue weighted by atomic mass is 35.5. The Kier molecular flexibility index (Phi) is 9.91. The van der Waals surface area contributed by atoms with E-state index in [1.54, 1.807) is 42.5 Å². The van der Waals surface area contributed by atoms with E-state index in [-0.39, 0.29) is 40.4 Å². The van der Waals surface area contributed by atoms with Crippen molar-refractivity contribution < 1.29 is 24.3 Å². The minimum absolute atomic E-state index is 0.0611. The lowest BCUT2D eigenvalue weighted by Gasteiger charge is -2.29. The zero-order chi connectivity index (χ0) is 27.0. The maximum absolute atomic E-state index is 13.2. The van der Waals surface area contributed by atoms with Gasteiger partial charge in [-0.15, -0.1) is 0 Å². The van der Waals surface area contributed by atoms with Gasteiger partial charge in [0.1, 0.15) is 6.04 Å². The molecular formula is C26H30Cl2N4O5. The molecule has 0 heterocycles. The van der Waals surface area contributed by atoms with Gasteiger partial charge >= 0.3 is 5.97 Å². The third-order valence-electron chi connectivity index (χ3n) is 6.60. The predicted octanol–water partition coefficient (Wildman–Crippen LogP) is 3.38. The predicted molar refractivity (Wildman–Crippen MR) is 142 cm³/mol. The van der Waals surface area contributed by atoms with Crippen molar-refractivity contribution >= 4 is 52.6 Å². The fraction of sp³-hybridized carbons (Fsp3) is 0.385. The fourth-order valence-corrected chi connectivity index (χ4v) is 5.10. The molecule has 2 aromatic carbocycles. The Morgan fingerprint density at radius 1 is 1.00 bits per heavy atom. The Morgan fingerprint density at radius 3 is 2.19 bits per heavy atom. The van der Waals surface area contributed by atoms with Crippen molar-refractivity contribution in [3.05, 3.63) is 63.6 Å². The molecule has 1 unspecified atom stereocenters. The number of nitrogens with two attached hydrogens (primary N) is 1. The summed E-state index contributed by atoms with van der Waals surface area (Å²) in [5, 5.41) is 18.3. The van der Waals surface area contributed by atoms with Crippen molar-refractivity contribution in [2.75, 3.05) is 18.4 Å². The first-order valence-electron chi connectivity index (χ1n) is 12.0. The summed E-state index contributed by atoms with van der Waals surface area (Å²) in [6.07, 6.45) is 3.47. The number of amides is 3. The van der Waals surface area contributed by atoms with Crippen molar-refractivity contribution in [1.82, 2.24) is 10.6 Å². The van der Waals surface area contributed by atoms with Crippen LogP contribution >= 0.6 is 23.2 Å². The lowest BCUT2D eigenvalue weighted by molar-refractivity contribution is -0.144. The molecule has 2 aromatic rings. The smallest absolute Gasteiger partial charge is 0.326 e. The molecule has 3 rings (SSSR count). The molecule has 1 aliphatic carbocycles. The van der Waals surface area contributed by atoms with Crippen LogP contribution in [0, 0.1) is 5.41 Å². The first kappa shape index (κ1) is 28.4. The SMILES string of the molecule is NCC(=O)NCCC1(C(=O)NC(Cc2ccc(NC(=O)c3c(Cl)cccc3Cl)cc2)C(=O)O)CCCC1. The third-order valence-corrected chi connectivity index (χ3v) is 7.23. The average molecular weight is 549 g/mol. The normalized spacial score (nSPS) is 15.0. The summed E-state index contributed by atoms with van der Waals surface area (Å²) in [6.45, 7) is 0.171. The molecule has 1 saturated carbocycles. The van der Waals surface area contributed by atoms with Gasteiger partial charge in [-0.3, -0.25) is 14.4 Å². The number of anilines is 1. The van der Waals surface area contributed by atoms with Gasteiger partial charge in [-0.25, -0.2) is 4.79 Å². The number of halogens is 2. The second-order valence-corrected chi connectivity index (χ2v) is 9.92. The number of carbonyl (C=O) groups excluding carboxylic acids is 3. The lowest BCUT2D eigenvalue weighted by atomic mass is 9.81. The van der Waals surface area contributed by atoms with Gasteiger partial charge in [0, 0.05) is 18.7 Å². The molecule has 1 aliphatic rings. The highest BCUT2D eigenvalue weighted by Gasteiger charge is 2.42. The van der Waals surface area contributed by atoms with Crippen LogP contribution in [0.25, 0.3) is 0 Å². The summed E-state index contributed by atoms with van der Waals surface area (Å²) < 4.78 is 0. The molecule has 0 bridgehead atoms. The van der Waals surface area contributed by atoms with Crippen LogP contribution in [0.5, 0.6) is 0 Å². The van der Waals surface area contributed by atoms with Gasteiger partial charge in [0.25, 0.3) is 5.91 Å². The summed E-state index contributed by atoms with van der Waals surface area (Å²) in [5.41, 5.74) is 5.90. The molecule has 3 amide bonds. The van der Waals surface area contributed by atoms with Gasteiger partial charge in [-0.2, -0.15) is 0 Å². The van der Waals surface area contributed by atoms with E-state index in [9.17, 15) is 24.3 Å².